The van der Waals surface area contributed by atoms with E-state index in [0.717, 1.165) is 31.4 Å². The molecule has 1 atom stereocenters. The lowest BCUT2D eigenvalue weighted by Gasteiger charge is -2.28. The Balaban J connectivity index is 2.75. The summed E-state index contributed by atoms with van der Waals surface area (Å²) in [6.07, 6.45) is 8.93. The number of hydrogen-bond donors (Lipinski definition) is 0. The number of unbranched alkanes of at least 4 members (excludes halogenated alkanes) is 6. The van der Waals surface area contributed by atoms with Crippen molar-refractivity contribution in [2.45, 2.75) is 91.1 Å². The molecule has 0 radical (unpaired) electrons. The van der Waals surface area contributed by atoms with Gasteiger partial charge in [-0.3, -0.25) is 4.79 Å². The van der Waals surface area contributed by atoms with E-state index in [9.17, 15) is 9.59 Å². The molecule has 1 aromatic rings. The Morgan fingerprint density at radius 3 is 2.10 bits per heavy atom. The first-order valence-corrected chi connectivity index (χ1v) is 11.1. The zero-order valence-electron chi connectivity index (χ0n) is 18.6. The third kappa shape index (κ3) is 8.88. The van der Waals surface area contributed by atoms with Crippen LogP contribution in [0, 0.1) is 0 Å². The average molecular weight is 407 g/mol. The smallest absolute Gasteiger partial charge is 0.355 e. The van der Waals surface area contributed by atoms with E-state index in [1.807, 2.05) is 12.1 Å². The van der Waals surface area contributed by atoms with Crippen LogP contribution in [-0.2, 0) is 24.7 Å². The van der Waals surface area contributed by atoms with Crippen LogP contribution < -0.4 is 4.74 Å². The molecule has 0 amide bonds. The Bertz CT molecular complexity index is 596. The minimum Gasteiger partial charge on any atom is -0.494 e. The third-order valence-corrected chi connectivity index (χ3v) is 4.89. The van der Waals surface area contributed by atoms with E-state index in [1.54, 1.807) is 26.0 Å². The second-order valence-electron chi connectivity index (χ2n) is 7.47. The lowest BCUT2D eigenvalue weighted by Crippen LogP contribution is -2.39. The van der Waals surface area contributed by atoms with Crippen LogP contribution in [0.4, 0.5) is 0 Å². The van der Waals surface area contributed by atoms with Crippen molar-refractivity contribution in [2.75, 3.05) is 13.2 Å². The van der Waals surface area contributed by atoms with Crippen LogP contribution in [0.5, 0.6) is 5.75 Å². The Morgan fingerprint density at radius 2 is 1.48 bits per heavy atom. The van der Waals surface area contributed by atoms with Crippen LogP contribution in [0.1, 0.15) is 91.0 Å². The zero-order valence-corrected chi connectivity index (χ0v) is 18.6. The predicted molar refractivity (Wildman–Crippen MR) is 115 cm³/mol. The average Bonchev–Trinajstić information content (AvgIpc) is 2.71. The van der Waals surface area contributed by atoms with Crippen LogP contribution in [0.15, 0.2) is 24.3 Å². The Labute approximate surface area is 176 Å². The minimum atomic E-state index is -1.46. The first kappa shape index (κ1) is 25.0. The molecule has 0 spiro atoms. The van der Waals surface area contributed by atoms with Gasteiger partial charge in [0, 0.05) is 12.0 Å². The van der Waals surface area contributed by atoms with Gasteiger partial charge in [0.2, 0.25) is 5.60 Å². The van der Waals surface area contributed by atoms with Gasteiger partial charge >= 0.3 is 11.9 Å². The minimum absolute atomic E-state index is 0.223. The molecule has 1 unspecified atom stereocenters. The SMILES string of the molecule is CCCCCCCOc1ccc(C(C)(OC(=O)CCCCC)C(=O)OCC)cc1. The molecule has 0 heterocycles. The molecular weight excluding hydrogens is 368 g/mol. The van der Waals surface area contributed by atoms with Crippen molar-refractivity contribution in [1.82, 2.24) is 0 Å². The van der Waals surface area contributed by atoms with Crippen LogP contribution in [0.2, 0.25) is 0 Å². The number of rotatable bonds is 15. The van der Waals surface area contributed by atoms with Gasteiger partial charge in [0.05, 0.1) is 13.2 Å². The van der Waals surface area contributed by atoms with Crippen LogP contribution in [0.25, 0.3) is 0 Å². The molecule has 29 heavy (non-hydrogen) atoms. The van der Waals surface area contributed by atoms with E-state index in [1.165, 1.54) is 25.7 Å². The number of carbonyl (C=O) groups is 2. The van der Waals surface area contributed by atoms with E-state index in [-0.39, 0.29) is 12.6 Å². The maximum absolute atomic E-state index is 12.6. The van der Waals surface area contributed by atoms with Crippen molar-refractivity contribution in [3.05, 3.63) is 29.8 Å². The lowest BCUT2D eigenvalue weighted by atomic mass is 9.95. The van der Waals surface area contributed by atoms with Gasteiger partial charge in [-0.05, 0) is 38.8 Å². The number of carbonyl (C=O) groups excluding carboxylic acids is 2. The lowest BCUT2D eigenvalue weighted by molar-refractivity contribution is -0.182. The predicted octanol–water partition coefficient (Wildman–Crippen LogP) is 5.94. The van der Waals surface area contributed by atoms with Crippen molar-refractivity contribution >= 4 is 11.9 Å². The highest BCUT2D eigenvalue weighted by atomic mass is 16.6. The summed E-state index contributed by atoms with van der Waals surface area (Å²) in [4.78, 5) is 24.9. The van der Waals surface area contributed by atoms with E-state index in [2.05, 4.69) is 13.8 Å². The summed E-state index contributed by atoms with van der Waals surface area (Å²) in [5.74, 6) is -0.209. The number of esters is 2. The molecule has 164 valence electrons. The van der Waals surface area contributed by atoms with E-state index >= 15 is 0 Å². The molecule has 1 rings (SSSR count). The Hall–Kier alpha value is -2.04. The fourth-order valence-electron chi connectivity index (χ4n) is 3.05. The fourth-order valence-corrected chi connectivity index (χ4v) is 3.05. The summed E-state index contributed by atoms with van der Waals surface area (Å²) in [6, 6.07) is 7.15. The van der Waals surface area contributed by atoms with Gasteiger partial charge in [-0.25, -0.2) is 4.79 Å². The van der Waals surface area contributed by atoms with Gasteiger partial charge in [-0.1, -0.05) is 64.5 Å². The molecule has 0 N–H and O–H groups in total. The molecular formula is C24H38O5. The molecule has 0 aliphatic rings. The van der Waals surface area contributed by atoms with Crippen LogP contribution in [-0.4, -0.2) is 25.2 Å². The van der Waals surface area contributed by atoms with Crippen molar-refractivity contribution in [3.63, 3.8) is 0 Å². The molecule has 0 fully saturated rings. The molecule has 0 aliphatic carbocycles. The molecule has 0 bridgehead atoms. The topological polar surface area (TPSA) is 61.8 Å². The summed E-state index contributed by atoms with van der Waals surface area (Å²) in [7, 11) is 0. The second kappa shape index (κ2) is 14.0. The highest BCUT2D eigenvalue weighted by molar-refractivity contribution is 5.84. The first-order valence-electron chi connectivity index (χ1n) is 11.1. The van der Waals surface area contributed by atoms with Crippen molar-refractivity contribution < 1.29 is 23.8 Å². The molecule has 5 nitrogen and oxygen atoms in total. The Morgan fingerprint density at radius 1 is 0.862 bits per heavy atom. The standard InChI is InChI=1S/C24H38O5/c1-5-8-10-11-13-19-28-21-17-15-20(16-18-21)24(4,23(26)27-7-3)29-22(25)14-12-9-6-2/h15-18H,5-14,19H2,1-4H3. The monoisotopic (exact) mass is 406 g/mol. The van der Waals surface area contributed by atoms with Crippen LogP contribution in [0.3, 0.4) is 0 Å². The summed E-state index contributed by atoms with van der Waals surface area (Å²) < 4.78 is 16.6. The maximum atomic E-state index is 12.6. The zero-order chi connectivity index (χ0) is 21.5. The number of benzene rings is 1. The number of ether oxygens (including phenoxy) is 3. The molecule has 0 aromatic heterocycles. The highest BCUT2D eigenvalue weighted by Gasteiger charge is 2.41. The normalized spacial score (nSPS) is 12.8. The van der Waals surface area contributed by atoms with Gasteiger partial charge in [0.15, 0.2) is 0 Å². The summed E-state index contributed by atoms with van der Waals surface area (Å²) in [5.41, 5.74) is -0.882. The van der Waals surface area contributed by atoms with E-state index < -0.39 is 11.6 Å². The third-order valence-electron chi connectivity index (χ3n) is 4.89. The molecule has 0 saturated carbocycles. The maximum Gasteiger partial charge on any atom is 0.355 e. The molecule has 1 aromatic carbocycles. The second-order valence-corrected chi connectivity index (χ2v) is 7.47. The van der Waals surface area contributed by atoms with Crippen molar-refractivity contribution in [2.24, 2.45) is 0 Å². The van der Waals surface area contributed by atoms with Crippen LogP contribution >= 0.6 is 0 Å². The highest BCUT2D eigenvalue weighted by Crippen LogP contribution is 2.30. The van der Waals surface area contributed by atoms with Gasteiger partial charge in [0.25, 0.3) is 0 Å². The van der Waals surface area contributed by atoms with Gasteiger partial charge < -0.3 is 14.2 Å². The fraction of sp³-hybridized carbons (Fsp3) is 0.667. The molecule has 5 heteroatoms. The summed E-state index contributed by atoms with van der Waals surface area (Å²) >= 11 is 0. The van der Waals surface area contributed by atoms with Gasteiger partial charge in [-0.2, -0.15) is 0 Å². The summed E-state index contributed by atoms with van der Waals surface area (Å²) in [5, 5.41) is 0. The molecule has 0 saturated heterocycles. The Kier molecular flexibility index (Phi) is 12.1. The largest absolute Gasteiger partial charge is 0.494 e. The number of hydrogen-bond acceptors (Lipinski definition) is 5. The van der Waals surface area contributed by atoms with Gasteiger partial charge in [-0.15, -0.1) is 0 Å². The van der Waals surface area contributed by atoms with Crippen molar-refractivity contribution in [3.8, 4) is 5.75 Å². The van der Waals surface area contributed by atoms with Crippen molar-refractivity contribution in [1.29, 1.82) is 0 Å². The summed E-state index contributed by atoms with van der Waals surface area (Å²) in [6.45, 7) is 8.49. The van der Waals surface area contributed by atoms with E-state index in [0.29, 0.717) is 18.6 Å². The quantitative estimate of drug-likeness (QED) is 0.266. The van der Waals surface area contributed by atoms with Gasteiger partial charge in [0.1, 0.15) is 5.75 Å². The van der Waals surface area contributed by atoms with E-state index in [4.69, 9.17) is 14.2 Å². The molecule has 0 aliphatic heterocycles. The first-order chi connectivity index (χ1) is 14.0.